The van der Waals surface area contributed by atoms with Crippen molar-refractivity contribution in [2.24, 2.45) is 5.73 Å². The molecule has 0 saturated carbocycles. The lowest BCUT2D eigenvalue weighted by atomic mass is 10.1. The topological polar surface area (TPSA) is 67.6 Å². The smallest absolute Gasteiger partial charge is 0.237 e. The highest BCUT2D eigenvalue weighted by atomic mass is 32.1. The van der Waals surface area contributed by atoms with Gasteiger partial charge in [-0.15, -0.1) is 0 Å². The number of piperazine rings is 1. The van der Waals surface area contributed by atoms with Gasteiger partial charge in [-0.1, -0.05) is 31.3 Å². The van der Waals surface area contributed by atoms with Crippen LogP contribution in [0.25, 0.3) is 0 Å². The number of ether oxygens (including phenoxy) is 1. The number of carbonyl (C=O) groups is 1. The van der Waals surface area contributed by atoms with Gasteiger partial charge >= 0.3 is 0 Å². The maximum Gasteiger partial charge on any atom is 0.237 e. The molecule has 1 aliphatic heterocycles. The molecule has 114 valence electrons. The minimum absolute atomic E-state index is 0.0619. The molecule has 0 radical (unpaired) electrons. The summed E-state index contributed by atoms with van der Waals surface area (Å²) in [7, 11) is 0. The van der Waals surface area contributed by atoms with Crippen molar-refractivity contribution in [1.29, 1.82) is 0 Å². The molecule has 0 spiro atoms. The van der Waals surface area contributed by atoms with Crippen LogP contribution in [0.15, 0.2) is 24.3 Å². The summed E-state index contributed by atoms with van der Waals surface area (Å²) in [5, 5.41) is 2.89. The largest absolute Gasteiger partial charge is 0.492 e. The summed E-state index contributed by atoms with van der Waals surface area (Å²) < 4.78 is 5.79. The van der Waals surface area contributed by atoms with E-state index in [1.807, 2.05) is 31.2 Å². The first-order valence-corrected chi connectivity index (χ1v) is 7.57. The van der Waals surface area contributed by atoms with E-state index in [1.54, 1.807) is 0 Å². The summed E-state index contributed by atoms with van der Waals surface area (Å²) in [5.74, 6) is 0.798. The highest BCUT2D eigenvalue weighted by Gasteiger charge is 2.27. The van der Waals surface area contributed by atoms with E-state index in [0.717, 1.165) is 18.5 Å². The molecule has 1 amide bonds. The number of benzene rings is 1. The number of hydrogen-bond acceptors (Lipinski definition) is 4. The molecule has 2 rings (SSSR count). The summed E-state index contributed by atoms with van der Waals surface area (Å²) in [4.78, 5) is 14.3. The molecule has 3 N–H and O–H groups in total. The van der Waals surface area contributed by atoms with Crippen LogP contribution in [0.5, 0.6) is 5.75 Å². The molecule has 6 heteroatoms. The van der Waals surface area contributed by atoms with Crippen LogP contribution in [0.1, 0.15) is 18.9 Å². The molecular weight excluding hydrogens is 286 g/mol. The number of carbonyl (C=O) groups excluding carboxylic acids is 1. The van der Waals surface area contributed by atoms with Crippen LogP contribution in [0.3, 0.4) is 0 Å². The van der Waals surface area contributed by atoms with Gasteiger partial charge in [-0.3, -0.25) is 9.69 Å². The third-order valence-electron chi connectivity index (χ3n) is 3.62. The second-order valence-electron chi connectivity index (χ2n) is 4.96. The predicted molar refractivity (Wildman–Crippen MR) is 86.5 cm³/mol. The van der Waals surface area contributed by atoms with E-state index >= 15 is 0 Å². The standard InChI is InChI=1S/C15H21N3O2S/c1-2-12-15(19)17-7-8-18(12)9-10-20-13-6-4-3-5-11(13)14(16)21/h3-6,12H,2,7-10H2,1H3,(H2,16,21)(H,17,19). The van der Waals surface area contributed by atoms with Crippen LogP contribution < -0.4 is 15.8 Å². The van der Waals surface area contributed by atoms with Crippen molar-refractivity contribution in [2.75, 3.05) is 26.2 Å². The van der Waals surface area contributed by atoms with Gasteiger partial charge in [0.15, 0.2) is 0 Å². The van der Waals surface area contributed by atoms with Gasteiger partial charge in [-0.2, -0.15) is 0 Å². The average molecular weight is 307 g/mol. The van der Waals surface area contributed by atoms with E-state index in [-0.39, 0.29) is 11.9 Å². The molecule has 1 saturated heterocycles. The maximum absolute atomic E-state index is 11.8. The number of hydrogen-bond donors (Lipinski definition) is 2. The van der Waals surface area contributed by atoms with Gasteiger partial charge in [0.1, 0.15) is 17.3 Å². The summed E-state index contributed by atoms with van der Waals surface area (Å²) in [6, 6.07) is 7.41. The fraction of sp³-hybridized carbons (Fsp3) is 0.467. The van der Waals surface area contributed by atoms with E-state index in [4.69, 9.17) is 22.7 Å². The average Bonchev–Trinajstić information content (AvgIpc) is 2.48. The van der Waals surface area contributed by atoms with E-state index in [9.17, 15) is 4.79 Å². The highest BCUT2D eigenvalue weighted by molar-refractivity contribution is 7.80. The maximum atomic E-state index is 11.8. The predicted octanol–water partition coefficient (Wildman–Crippen LogP) is 0.910. The minimum Gasteiger partial charge on any atom is -0.492 e. The van der Waals surface area contributed by atoms with Gasteiger partial charge in [-0.05, 0) is 18.6 Å². The zero-order valence-corrected chi connectivity index (χ0v) is 13.0. The number of amides is 1. The minimum atomic E-state index is -0.0619. The number of nitrogens with one attached hydrogen (secondary N) is 1. The van der Waals surface area contributed by atoms with Gasteiger partial charge in [0.25, 0.3) is 0 Å². The third kappa shape index (κ3) is 3.92. The first kappa shape index (κ1) is 15.7. The van der Waals surface area contributed by atoms with Crippen LogP contribution >= 0.6 is 12.2 Å². The zero-order valence-electron chi connectivity index (χ0n) is 12.2. The molecule has 1 aromatic carbocycles. The quantitative estimate of drug-likeness (QED) is 0.765. The second kappa shape index (κ2) is 7.38. The lowest BCUT2D eigenvalue weighted by Crippen LogP contribution is -2.55. The van der Waals surface area contributed by atoms with Crippen LogP contribution in [0.2, 0.25) is 0 Å². The van der Waals surface area contributed by atoms with Gasteiger partial charge in [0.2, 0.25) is 5.91 Å². The number of rotatable bonds is 6. The van der Waals surface area contributed by atoms with E-state index in [0.29, 0.717) is 30.4 Å². The normalized spacial score (nSPS) is 19.1. The SMILES string of the molecule is CCC1C(=O)NCCN1CCOc1ccccc1C(N)=S. The lowest BCUT2D eigenvalue weighted by molar-refractivity contribution is -0.129. The van der Waals surface area contributed by atoms with Crippen LogP contribution in [-0.2, 0) is 4.79 Å². The fourth-order valence-electron chi connectivity index (χ4n) is 2.54. The van der Waals surface area contributed by atoms with E-state index < -0.39 is 0 Å². The van der Waals surface area contributed by atoms with Crippen LogP contribution in [-0.4, -0.2) is 48.1 Å². The Bertz CT molecular complexity index is 521. The Labute approximate surface area is 130 Å². The van der Waals surface area contributed by atoms with Crippen molar-refractivity contribution < 1.29 is 9.53 Å². The van der Waals surface area contributed by atoms with Gasteiger partial charge in [0, 0.05) is 19.6 Å². The third-order valence-corrected chi connectivity index (χ3v) is 3.84. The molecular formula is C15H21N3O2S. The van der Waals surface area contributed by atoms with Crippen LogP contribution in [0.4, 0.5) is 0 Å². The van der Waals surface area contributed by atoms with E-state index in [1.165, 1.54) is 0 Å². The Morgan fingerprint density at radius 1 is 1.52 bits per heavy atom. The van der Waals surface area contributed by atoms with Crippen molar-refractivity contribution in [3.8, 4) is 5.75 Å². The molecule has 1 unspecified atom stereocenters. The monoisotopic (exact) mass is 307 g/mol. The van der Waals surface area contributed by atoms with E-state index in [2.05, 4.69) is 10.2 Å². The molecule has 1 fully saturated rings. The zero-order chi connectivity index (χ0) is 15.2. The van der Waals surface area contributed by atoms with Crippen molar-refractivity contribution in [3.05, 3.63) is 29.8 Å². The first-order chi connectivity index (χ1) is 10.1. The molecule has 1 atom stereocenters. The molecule has 0 bridgehead atoms. The fourth-order valence-corrected chi connectivity index (χ4v) is 2.71. The Hall–Kier alpha value is -1.66. The Morgan fingerprint density at radius 3 is 3.00 bits per heavy atom. The Kier molecular flexibility index (Phi) is 5.52. The molecule has 5 nitrogen and oxygen atoms in total. The van der Waals surface area contributed by atoms with Crippen molar-refractivity contribution in [1.82, 2.24) is 10.2 Å². The van der Waals surface area contributed by atoms with Crippen molar-refractivity contribution >= 4 is 23.1 Å². The summed E-state index contributed by atoms with van der Waals surface area (Å²) >= 11 is 5.01. The molecule has 21 heavy (non-hydrogen) atoms. The molecule has 1 heterocycles. The summed E-state index contributed by atoms with van der Waals surface area (Å²) in [6.45, 7) is 4.77. The summed E-state index contributed by atoms with van der Waals surface area (Å²) in [6.07, 6.45) is 0.801. The van der Waals surface area contributed by atoms with Gasteiger partial charge in [-0.25, -0.2) is 0 Å². The first-order valence-electron chi connectivity index (χ1n) is 7.17. The molecule has 0 aliphatic carbocycles. The second-order valence-corrected chi connectivity index (χ2v) is 5.40. The van der Waals surface area contributed by atoms with Crippen LogP contribution in [0, 0.1) is 0 Å². The Balaban J connectivity index is 1.92. The van der Waals surface area contributed by atoms with Gasteiger partial charge in [0.05, 0.1) is 11.6 Å². The molecule has 1 aliphatic rings. The Morgan fingerprint density at radius 2 is 2.29 bits per heavy atom. The number of para-hydroxylation sites is 1. The number of thiocarbonyl (C=S) groups is 1. The van der Waals surface area contributed by atoms with Gasteiger partial charge < -0.3 is 15.8 Å². The highest BCUT2D eigenvalue weighted by Crippen LogP contribution is 2.18. The lowest BCUT2D eigenvalue weighted by Gasteiger charge is -2.34. The number of nitrogens with two attached hydrogens (primary N) is 1. The molecule has 0 aromatic heterocycles. The number of nitrogens with zero attached hydrogens (tertiary/aromatic N) is 1. The molecule has 1 aromatic rings. The van der Waals surface area contributed by atoms with Crippen molar-refractivity contribution in [2.45, 2.75) is 19.4 Å². The van der Waals surface area contributed by atoms with Crippen molar-refractivity contribution in [3.63, 3.8) is 0 Å². The summed E-state index contributed by atoms with van der Waals surface area (Å²) in [5.41, 5.74) is 6.43.